The number of piperidine rings is 1. The van der Waals surface area contributed by atoms with Gasteiger partial charge in [0.25, 0.3) is 0 Å². The highest BCUT2D eigenvalue weighted by atomic mass is 16.2. The summed E-state index contributed by atoms with van der Waals surface area (Å²) < 4.78 is 0. The van der Waals surface area contributed by atoms with Crippen LogP contribution in [0.2, 0.25) is 0 Å². The van der Waals surface area contributed by atoms with Gasteiger partial charge in [-0.15, -0.1) is 0 Å². The van der Waals surface area contributed by atoms with E-state index in [0.29, 0.717) is 23.8 Å². The van der Waals surface area contributed by atoms with Crippen LogP contribution in [0.4, 0.5) is 0 Å². The van der Waals surface area contributed by atoms with Crippen molar-refractivity contribution >= 4 is 5.91 Å². The lowest BCUT2D eigenvalue weighted by molar-refractivity contribution is -0.138. The van der Waals surface area contributed by atoms with Crippen molar-refractivity contribution in [2.45, 2.75) is 64.3 Å². The van der Waals surface area contributed by atoms with Crippen LogP contribution in [0.25, 0.3) is 0 Å². The lowest BCUT2D eigenvalue weighted by Crippen LogP contribution is -2.47. The Morgan fingerprint density at radius 3 is 2.55 bits per heavy atom. The Kier molecular flexibility index (Phi) is 4.65. The van der Waals surface area contributed by atoms with Gasteiger partial charge in [-0.2, -0.15) is 0 Å². The number of nitrogens with one attached hydrogen (secondary N) is 1. The smallest absolute Gasteiger partial charge is 0.225 e. The van der Waals surface area contributed by atoms with Crippen LogP contribution in [0, 0.1) is 17.8 Å². The fourth-order valence-corrected chi connectivity index (χ4v) is 4.50. The van der Waals surface area contributed by atoms with Crippen molar-refractivity contribution in [3.05, 3.63) is 0 Å². The summed E-state index contributed by atoms with van der Waals surface area (Å²) in [7, 11) is 0. The predicted octanol–water partition coefficient (Wildman–Crippen LogP) is 2.80. The summed E-state index contributed by atoms with van der Waals surface area (Å²) in [6.45, 7) is 5.63. The van der Waals surface area contributed by atoms with E-state index in [-0.39, 0.29) is 0 Å². The molecule has 2 unspecified atom stereocenters. The molecule has 0 radical (unpaired) electrons. The van der Waals surface area contributed by atoms with Crippen molar-refractivity contribution in [2.75, 3.05) is 19.6 Å². The molecule has 0 aromatic heterocycles. The SMILES string of the molecule is CC1CCC(C(=O)N2CCCC2C2CCCNC2)CC1. The number of hydrogen-bond donors (Lipinski definition) is 1. The molecule has 2 atom stereocenters. The van der Waals surface area contributed by atoms with Gasteiger partial charge in [0.1, 0.15) is 0 Å². The summed E-state index contributed by atoms with van der Waals surface area (Å²) in [4.78, 5) is 15.1. The molecule has 2 saturated heterocycles. The van der Waals surface area contributed by atoms with Crippen LogP contribution in [0.3, 0.4) is 0 Å². The van der Waals surface area contributed by atoms with Crippen LogP contribution in [-0.4, -0.2) is 36.5 Å². The highest BCUT2D eigenvalue weighted by Gasteiger charge is 2.38. The molecule has 0 spiro atoms. The zero-order valence-electron chi connectivity index (χ0n) is 12.9. The Morgan fingerprint density at radius 2 is 1.85 bits per heavy atom. The largest absolute Gasteiger partial charge is 0.339 e. The second-order valence-corrected chi connectivity index (χ2v) is 7.30. The molecular weight excluding hydrogens is 248 g/mol. The first-order chi connectivity index (χ1) is 9.75. The molecule has 1 N–H and O–H groups in total. The Bertz CT molecular complexity index is 330. The summed E-state index contributed by atoms with van der Waals surface area (Å²) in [5.41, 5.74) is 0. The van der Waals surface area contributed by atoms with Gasteiger partial charge >= 0.3 is 0 Å². The van der Waals surface area contributed by atoms with Gasteiger partial charge in [-0.25, -0.2) is 0 Å². The van der Waals surface area contributed by atoms with E-state index < -0.39 is 0 Å². The highest BCUT2D eigenvalue weighted by Crippen LogP contribution is 2.34. The van der Waals surface area contributed by atoms with E-state index >= 15 is 0 Å². The first kappa shape index (κ1) is 14.4. The van der Waals surface area contributed by atoms with Crippen molar-refractivity contribution in [1.82, 2.24) is 10.2 Å². The van der Waals surface area contributed by atoms with E-state index in [1.54, 1.807) is 0 Å². The average molecular weight is 278 g/mol. The summed E-state index contributed by atoms with van der Waals surface area (Å²) in [5, 5.41) is 3.52. The summed E-state index contributed by atoms with van der Waals surface area (Å²) in [6.07, 6.45) is 9.81. The summed E-state index contributed by atoms with van der Waals surface area (Å²) in [5.74, 6) is 2.36. The minimum absolute atomic E-state index is 0.336. The summed E-state index contributed by atoms with van der Waals surface area (Å²) in [6, 6.07) is 0.537. The van der Waals surface area contributed by atoms with Gasteiger partial charge in [-0.05, 0) is 76.3 Å². The third-order valence-corrected chi connectivity index (χ3v) is 5.83. The molecule has 2 aliphatic heterocycles. The topological polar surface area (TPSA) is 32.3 Å². The maximum atomic E-state index is 12.9. The molecule has 0 aromatic carbocycles. The van der Waals surface area contributed by atoms with Gasteiger partial charge in [0.15, 0.2) is 0 Å². The second kappa shape index (κ2) is 6.46. The highest BCUT2D eigenvalue weighted by molar-refractivity contribution is 5.79. The number of hydrogen-bond acceptors (Lipinski definition) is 2. The minimum Gasteiger partial charge on any atom is -0.339 e. The number of carbonyl (C=O) groups excluding carboxylic acids is 1. The van der Waals surface area contributed by atoms with Crippen molar-refractivity contribution in [2.24, 2.45) is 17.8 Å². The van der Waals surface area contributed by atoms with E-state index in [1.807, 2.05) is 0 Å². The van der Waals surface area contributed by atoms with Crippen LogP contribution in [0.5, 0.6) is 0 Å². The van der Waals surface area contributed by atoms with Gasteiger partial charge in [0, 0.05) is 18.5 Å². The summed E-state index contributed by atoms with van der Waals surface area (Å²) >= 11 is 0. The third-order valence-electron chi connectivity index (χ3n) is 5.83. The molecule has 0 aromatic rings. The van der Waals surface area contributed by atoms with Crippen molar-refractivity contribution < 1.29 is 4.79 Å². The van der Waals surface area contributed by atoms with E-state index in [0.717, 1.165) is 38.4 Å². The van der Waals surface area contributed by atoms with E-state index in [1.165, 1.54) is 38.5 Å². The number of nitrogens with zero attached hydrogens (tertiary/aromatic N) is 1. The Labute approximate surface area is 123 Å². The molecule has 0 bridgehead atoms. The van der Waals surface area contributed by atoms with Crippen molar-refractivity contribution in [3.63, 3.8) is 0 Å². The first-order valence-corrected chi connectivity index (χ1v) is 8.77. The third kappa shape index (κ3) is 3.03. The van der Waals surface area contributed by atoms with Gasteiger partial charge < -0.3 is 10.2 Å². The van der Waals surface area contributed by atoms with E-state index in [2.05, 4.69) is 17.1 Å². The van der Waals surface area contributed by atoms with E-state index in [9.17, 15) is 4.79 Å². The first-order valence-electron chi connectivity index (χ1n) is 8.77. The van der Waals surface area contributed by atoms with Crippen LogP contribution >= 0.6 is 0 Å². The standard InChI is InChI=1S/C17H30N2O/c1-13-6-8-14(9-7-13)17(20)19-11-3-5-16(19)15-4-2-10-18-12-15/h13-16,18H,2-12H2,1H3. The molecule has 114 valence electrons. The van der Waals surface area contributed by atoms with Crippen LogP contribution in [0.15, 0.2) is 0 Å². The van der Waals surface area contributed by atoms with Crippen LogP contribution in [-0.2, 0) is 4.79 Å². The molecule has 3 aliphatic rings. The normalized spacial score (nSPS) is 39.0. The zero-order valence-corrected chi connectivity index (χ0v) is 12.9. The molecular formula is C17H30N2O. The quantitative estimate of drug-likeness (QED) is 0.842. The Hall–Kier alpha value is -0.570. The maximum Gasteiger partial charge on any atom is 0.225 e. The van der Waals surface area contributed by atoms with Gasteiger partial charge in [-0.1, -0.05) is 6.92 Å². The maximum absolute atomic E-state index is 12.9. The minimum atomic E-state index is 0.336. The number of carbonyl (C=O) groups is 1. The van der Waals surface area contributed by atoms with Gasteiger partial charge in [-0.3, -0.25) is 4.79 Å². The number of likely N-dealkylation sites (tertiary alicyclic amines) is 1. The molecule has 2 heterocycles. The zero-order chi connectivity index (χ0) is 13.9. The van der Waals surface area contributed by atoms with Crippen LogP contribution < -0.4 is 5.32 Å². The lowest BCUT2D eigenvalue weighted by atomic mass is 9.81. The fraction of sp³-hybridized carbons (Fsp3) is 0.941. The second-order valence-electron chi connectivity index (χ2n) is 7.30. The average Bonchev–Trinajstić information content (AvgIpc) is 2.97. The molecule has 20 heavy (non-hydrogen) atoms. The number of rotatable bonds is 2. The monoisotopic (exact) mass is 278 g/mol. The van der Waals surface area contributed by atoms with Crippen LogP contribution in [0.1, 0.15) is 58.3 Å². The molecule has 3 fully saturated rings. The molecule has 1 amide bonds. The van der Waals surface area contributed by atoms with Gasteiger partial charge in [0.05, 0.1) is 0 Å². The van der Waals surface area contributed by atoms with E-state index in [4.69, 9.17) is 0 Å². The molecule has 3 nitrogen and oxygen atoms in total. The van der Waals surface area contributed by atoms with Crippen molar-refractivity contribution in [3.8, 4) is 0 Å². The Balaban J connectivity index is 1.60. The lowest BCUT2D eigenvalue weighted by Gasteiger charge is -2.37. The molecule has 1 saturated carbocycles. The Morgan fingerprint density at radius 1 is 1.05 bits per heavy atom. The predicted molar refractivity (Wildman–Crippen MR) is 81.5 cm³/mol. The number of amides is 1. The fourth-order valence-electron chi connectivity index (χ4n) is 4.50. The molecule has 1 aliphatic carbocycles. The van der Waals surface area contributed by atoms with Crippen molar-refractivity contribution in [1.29, 1.82) is 0 Å². The molecule has 3 heteroatoms. The molecule has 3 rings (SSSR count). The van der Waals surface area contributed by atoms with Gasteiger partial charge in [0.2, 0.25) is 5.91 Å².